The number of aromatic amines is 1. The largest absolute Gasteiger partial charge is 0.326 e. The first kappa shape index (κ1) is 19.5. The number of fused-ring (bicyclic) bond motifs is 2. The molecule has 0 radical (unpaired) electrons. The molecule has 2 heterocycles. The molecule has 0 spiro atoms. The second-order valence-electron chi connectivity index (χ2n) is 7.60. The highest BCUT2D eigenvalue weighted by Crippen LogP contribution is 2.17. The van der Waals surface area contributed by atoms with E-state index in [-0.39, 0.29) is 23.4 Å². The van der Waals surface area contributed by atoms with Crippen molar-refractivity contribution in [3.63, 3.8) is 0 Å². The number of aromatic nitrogens is 4. The van der Waals surface area contributed by atoms with E-state index in [0.29, 0.717) is 45.5 Å². The number of amides is 1. The van der Waals surface area contributed by atoms with Gasteiger partial charge in [-0.2, -0.15) is 5.10 Å². The van der Waals surface area contributed by atoms with Gasteiger partial charge >= 0.3 is 0 Å². The fraction of sp³-hybridized carbons (Fsp3) is 0.227. The fourth-order valence-corrected chi connectivity index (χ4v) is 3.42. The molecule has 0 atom stereocenters. The van der Waals surface area contributed by atoms with Crippen molar-refractivity contribution in [3.05, 3.63) is 75.2 Å². The van der Waals surface area contributed by atoms with Gasteiger partial charge in [-0.1, -0.05) is 32.0 Å². The molecule has 8 heteroatoms. The van der Waals surface area contributed by atoms with Crippen LogP contribution >= 0.6 is 0 Å². The van der Waals surface area contributed by atoms with E-state index in [1.807, 2.05) is 13.8 Å². The van der Waals surface area contributed by atoms with E-state index < -0.39 is 0 Å². The van der Waals surface area contributed by atoms with E-state index in [2.05, 4.69) is 20.5 Å². The van der Waals surface area contributed by atoms with Crippen molar-refractivity contribution in [1.29, 1.82) is 0 Å². The fourth-order valence-electron chi connectivity index (χ4n) is 3.42. The predicted octanol–water partition coefficient (Wildman–Crippen LogP) is 2.47. The number of H-pyrrole nitrogens is 1. The van der Waals surface area contributed by atoms with Gasteiger partial charge in [0.25, 0.3) is 11.1 Å². The molecule has 4 rings (SSSR count). The van der Waals surface area contributed by atoms with Crippen LogP contribution in [-0.4, -0.2) is 25.7 Å². The Kier molecular flexibility index (Phi) is 5.14. The zero-order valence-corrected chi connectivity index (χ0v) is 16.7. The average Bonchev–Trinajstić information content (AvgIpc) is 2.72. The number of nitrogens with one attached hydrogen (secondary N) is 2. The Morgan fingerprint density at radius 3 is 2.63 bits per heavy atom. The van der Waals surface area contributed by atoms with Gasteiger partial charge in [0.05, 0.1) is 34.7 Å². The summed E-state index contributed by atoms with van der Waals surface area (Å²) >= 11 is 0. The van der Waals surface area contributed by atoms with E-state index in [1.165, 1.54) is 0 Å². The van der Waals surface area contributed by atoms with Gasteiger partial charge in [-0.05, 0) is 30.2 Å². The second-order valence-corrected chi connectivity index (χ2v) is 7.60. The molecular formula is C22H21N5O3. The van der Waals surface area contributed by atoms with Crippen LogP contribution in [0.3, 0.4) is 0 Å². The number of carbonyl (C=O) groups is 1. The van der Waals surface area contributed by atoms with Crippen LogP contribution in [0.1, 0.15) is 19.5 Å². The number of rotatable bonds is 5. The minimum Gasteiger partial charge on any atom is -0.326 e. The maximum absolute atomic E-state index is 12.7. The quantitative estimate of drug-likeness (QED) is 0.532. The van der Waals surface area contributed by atoms with Crippen molar-refractivity contribution in [1.82, 2.24) is 19.7 Å². The summed E-state index contributed by atoms with van der Waals surface area (Å²) in [5.74, 6) is 0.00919. The maximum Gasteiger partial charge on any atom is 0.272 e. The minimum atomic E-state index is -0.301. The molecule has 30 heavy (non-hydrogen) atoms. The minimum absolute atomic E-state index is 0.0139. The Morgan fingerprint density at radius 1 is 1.10 bits per heavy atom. The molecule has 2 aromatic carbocycles. The van der Waals surface area contributed by atoms with Crippen LogP contribution in [0.2, 0.25) is 0 Å². The SMILES string of the molecule is CC(C)Cn1cnc2ccc(NC(=O)Cc3n[nH]c(=O)c4ccccc34)cc2c1=O. The normalized spacial score (nSPS) is 11.3. The van der Waals surface area contributed by atoms with Crippen molar-refractivity contribution in [3.8, 4) is 0 Å². The topological polar surface area (TPSA) is 110 Å². The third-order valence-corrected chi connectivity index (χ3v) is 4.77. The summed E-state index contributed by atoms with van der Waals surface area (Å²) in [6.07, 6.45) is 1.54. The smallest absolute Gasteiger partial charge is 0.272 e. The lowest BCUT2D eigenvalue weighted by molar-refractivity contribution is -0.115. The van der Waals surface area contributed by atoms with Crippen LogP contribution in [-0.2, 0) is 17.8 Å². The molecule has 0 fully saturated rings. The first-order valence-electron chi connectivity index (χ1n) is 9.67. The second kappa shape index (κ2) is 7.90. The summed E-state index contributed by atoms with van der Waals surface area (Å²) < 4.78 is 1.58. The van der Waals surface area contributed by atoms with Crippen LogP contribution in [0.4, 0.5) is 5.69 Å². The molecule has 2 aromatic heterocycles. The molecular weight excluding hydrogens is 382 g/mol. The van der Waals surface area contributed by atoms with Crippen molar-refractivity contribution in [2.75, 3.05) is 5.32 Å². The Balaban J connectivity index is 1.61. The summed E-state index contributed by atoms with van der Waals surface area (Å²) in [4.78, 5) is 41.6. The zero-order valence-electron chi connectivity index (χ0n) is 16.7. The molecule has 152 valence electrons. The summed E-state index contributed by atoms with van der Waals surface area (Å²) in [7, 11) is 0. The third-order valence-electron chi connectivity index (χ3n) is 4.77. The van der Waals surface area contributed by atoms with Gasteiger partial charge in [0, 0.05) is 17.6 Å². The van der Waals surface area contributed by atoms with Crippen LogP contribution in [0.15, 0.2) is 58.4 Å². The molecule has 0 bridgehead atoms. The van der Waals surface area contributed by atoms with Gasteiger partial charge in [-0.25, -0.2) is 10.1 Å². The van der Waals surface area contributed by atoms with Gasteiger partial charge in [-0.3, -0.25) is 19.0 Å². The Labute approximate surface area is 171 Å². The number of anilines is 1. The lowest BCUT2D eigenvalue weighted by atomic mass is 10.1. The number of hydrogen-bond acceptors (Lipinski definition) is 5. The molecule has 0 unspecified atom stereocenters. The molecule has 2 N–H and O–H groups in total. The first-order valence-corrected chi connectivity index (χ1v) is 9.67. The predicted molar refractivity (Wildman–Crippen MR) is 116 cm³/mol. The van der Waals surface area contributed by atoms with Gasteiger partial charge in [0.15, 0.2) is 0 Å². The first-order chi connectivity index (χ1) is 14.4. The highest BCUT2D eigenvalue weighted by Gasteiger charge is 2.12. The maximum atomic E-state index is 12.7. The van der Waals surface area contributed by atoms with Crippen LogP contribution in [0, 0.1) is 5.92 Å². The van der Waals surface area contributed by atoms with E-state index in [4.69, 9.17) is 0 Å². The Hall–Kier alpha value is -3.81. The zero-order chi connectivity index (χ0) is 21.3. The van der Waals surface area contributed by atoms with Crippen molar-refractivity contribution >= 4 is 33.3 Å². The van der Waals surface area contributed by atoms with E-state index >= 15 is 0 Å². The van der Waals surface area contributed by atoms with Crippen LogP contribution in [0.5, 0.6) is 0 Å². The molecule has 8 nitrogen and oxygen atoms in total. The van der Waals surface area contributed by atoms with Crippen molar-refractivity contribution in [2.45, 2.75) is 26.8 Å². The highest BCUT2D eigenvalue weighted by atomic mass is 16.2. The monoisotopic (exact) mass is 403 g/mol. The van der Waals surface area contributed by atoms with Crippen LogP contribution in [0.25, 0.3) is 21.7 Å². The lowest BCUT2D eigenvalue weighted by Gasteiger charge is -2.10. The third kappa shape index (κ3) is 3.84. The van der Waals surface area contributed by atoms with E-state index in [0.717, 1.165) is 0 Å². The van der Waals surface area contributed by atoms with E-state index in [9.17, 15) is 14.4 Å². The number of carbonyl (C=O) groups excluding carboxylic acids is 1. The molecule has 0 aliphatic heterocycles. The molecule has 0 aliphatic rings. The average molecular weight is 403 g/mol. The van der Waals surface area contributed by atoms with Gasteiger partial charge in [0.2, 0.25) is 5.91 Å². The van der Waals surface area contributed by atoms with Gasteiger partial charge in [-0.15, -0.1) is 0 Å². The molecule has 0 aliphatic carbocycles. The number of benzene rings is 2. The Morgan fingerprint density at radius 2 is 1.87 bits per heavy atom. The summed E-state index contributed by atoms with van der Waals surface area (Å²) in [5.41, 5.74) is 1.12. The Bertz CT molecular complexity index is 1370. The molecule has 0 saturated heterocycles. The summed E-state index contributed by atoms with van der Waals surface area (Å²) in [6, 6.07) is 12.1. The molecule has 1 amide bonds. The number of hydrogen-bond donors (Lipinski definition) is 2. The van der Waals surface area contributed by atoms with Crippen LogP contribution < -0.4 is 16.4 Å². The van der Waals surface area contributed by atoms with E-state index in [1.54, 1.807) is 53.4 Å². The lowest BCUT2D eigenvalue weighted by Crippen LogP contribution is -2.23. The van der Waals surface area contributed by atoms with Crippen molar-refractivity contribution < 1.29 is 4.79 Å². The summed E-state index contributed by atoms with van der Waals surface area (Å²) in [6.45, 7) is 4.63. The summed E-state index contributed by atoms with van der Waals surface area (Å²) in [5, 5.41) is 10.8. The molecule has 0 saturated carbocycles. The van der Waals surface area contributed by atoms with Crippen molar-refractivity contribution in [2.24, 2.45) is 5.92 Å². The number of nitrogens with zero attached hydrogens (tertiary/aromatic N) is 3. The highest BCUT2D eigenvalue weighted by molar-refractivity contribution is 5.96. The standard InChI is InChI=1S/C22H21N5O3/c1-13(2)11-27-12-23-18-8-7-14(9-17(18)22(27)30)24-20(28)10-19-15-5-3-4-6-16(15)21(29)26-25-19/h3-9,12-13H,10-11H2,1-2H3,(H,24,28)(H,26,29). The van der Waals surface area contributed by atoms with Gasteiger partial charge in [0.1, 0.15) is 0 Å². The van der Waals surface area contributed by atoms with Gasteiger partial charge < -0.3 is 5.32 Å². The molecule has 4 aromatic rings.